The Bertz CT molecular complexity index is 877. The predicted molar refractivity (Wildman–Crippen MR) is 103 cm³/mol. The number of ether oxygens (including phenoxy) is 1. The average molecular weight is 368 g/mol. The number of nitrogens with one attached hydrogen (secondary N) is 1. The lowest BCUT2D eigenvalue weighted by atomic mass is 9.52. The zero-order chi connectivity index (χ0) is 20.2. The first kappa shape index (κ1) is 19.5. The van der Waals surface area contributed by atoms with E-state index in [1.165, 1.54) is 0 Å². The molecule has 0 aliphatic heterocycles. The summed E-state index contributed by atoms with van der Waals surface area (Å²) in [6.07, 6.45) is 3.26. The van der Waals surface area contributed by atoms with Crippen molar-refractivity contribution < 1.29 is 9.53 Å². The zero-order valence-electron chi connectivity index (χ0n) is 17.2. The third-order valence-corrected chi connectivity index (χ3v) is 6.42. The van der Waals surface area contributed by atoms with Crippen LogP contribution in [0, 0.1) is 17.2 Å². The van der Waals surface area contributed by atoms with Crippen molar-refractivity contribution in [3.63, 3.8) is 0 Å². The molecule has 0 spiro atoms. The van der Waals surface area contributed by atoms with Gasteiger partial charge in [-0.05, 0) is 32.9 Å². The molecule has 0 unspecified atom stereocenters. The highest BCUT2D eigenvalue weighted by Gasteiger charge is 2.59. The molecular weight excluding hydrogens is 340 g/mol. The van der Waals surface area contributed by atoms with Crippen LogP contribution in [0.5, 0.6) is 5.88 Å². The number of rotatable bonds is 2. The number of nitrogens with zero attached hydrogens (tertiary/aromatic N) is 3. The van der Waals surface area contributed by atoms with E-state index in [0.29, 0.717) is 18.1 Å². The molecule has 0 aromatic carbocycles. The Labute approximate surface area is 161 Å². The van der Waals surface area contributed by atoms with Crippen LogP contribution in [0.4, 0.5) is 0 Å². The van der Waals surface area contributed by atoms with Gasteiger partial charge in [0, 0.05) is 27.9 Å². The summed E-state index contributed by atoms with van der Waals surface area (Å²) in [6, 6.07) is 2.10. The number of Topliss-reactive ketones (excluding diaryl/α,β-unsaturated/α-hetero) is 1. The topological polar surface area (TPSA) is 87.9 Å². The van der Waals surface area contributed by atoms with Crippen LogP contribution in [0.1, 0.15) is 58.1 Å². The number of allylic oxidation sites excluding steroid dienone is 1. The van der Waals surface area contributed by atoms with Gasteiger partial charge in [0.2, 0.25) is 5.88 Å². The predicted octanol–water partition coefficient (Wildman–Crippen LogP) is 2.61. The van der Waals surface area contributed by atoms with Gasteiger partial charge in [0.05, 0.1) is 18.4 Å². The van der Waals surface area contributed by atoms with Crippen molar-refractivity contribution in [1.82, 2.24) is 15.3 Å². The second-order valence-electron chi connectivity index (χ2n) is 8.81. The van der Waals surface area contributed by atoms with Crippen molar-refractivity contribution in [3.8, 4) is 11.9 Å². The largest absolute Gasteiger partial charge is 0.481 e. The minimum atomic E-state index is -0.621. The highest BCUT2D eigenvalue weighted by molar-refractivity contribution is 6.03. The number of carbonyl (C=O) groups is 1. The lowest BCUT2D eigenvalue weighted by molar-refractivity contribution is -0.123. The molecule has 0 saturated carbocycles. The number of likely N-dealkylation sites (N-methyl/N-ethyl adjacent to an activating group) is 1. The minimum absolute atomic E-state index is 0.107. The smallest absolute Gasteiger partial charge is 0.219 e. The van der Waals surface area contributed by atoms with E-state index in [4.69, 9.17) is 9.72 Å². The molecule has 27 heavy (non-hydrogen) atoms. The summed E-state index contributed by atoms with van der Waals surface area (Å²) in [6.45, 7) is 10.2. The van der Waals surface area contributed by atoms with Gasteiger partial charge in [-0.2, -0.15) is 10.2 Å². The van der Waals surface area contributed by atoms with Gasteiger partial charge >= 0.3 is 0 Å². The molecule has 6 heteroatoms. The summed E-state index contributed by atoms with van der Waals surface area (Å²) >= 11 is 0. The van der Waals surface area contributed by atoms with Gasteiger partial charge in [-0.15, -0.1) is 0 Å². The maximum atomic E-state index is 12.8. The molecule has 1 N–H and O–H groups in total. The maximum Gasteiger partial charge on any atom is 0.219 e. The van der Waals surface area contributed by atoms with Crippen LogP contribution in [-0.4, -0.2) is 35.4 Å². The molecule has 0 amide bonds. The molecule has 0 radical (unpaired) electrons. The first-order chi connectivity index (χ1) is 12.6. The molecule has 2 aliphatic rings. The minimum Gasteiger partial charge on any atom is -0.481 e. The van der Waals surface area contributed by atoms with Crippen LogP contribution in [0.3, 0.4) is 0 Å². The van der Waals surface area contributed by atoms with Crippen molar-refractivity contribution >= 4 is 5.78 Å². The second-order valence-corrected chi connectivity index (χ2v) is 8.81. The highest BCUT2D eigenvalue weighted by Crippen LogP contribution is 2.53. The zero-order valence-corrected chi connectivity index (χ0v) is 17.2. The lowest BCUT2D eigenvalue weighted by Gasteiger charge is -2.55. The molecule has 1 aromatic heterocycles. The molecule has 3 atom stereocenters. The molecule has 0 bridgehead atoms. The number of hydrogen-bond acceptors (Lipinski definition) is 6. The number of ketones is 1. The Morgan fingerprint density at radius 3 is 2.56 bits per heavy atom. The molecule has 144 valence electrons. The number of methoxy groups -OCH3 is 1. The van der Waals surface area contributed by atoms with E-state index in [1.54, 1.807) is 7.11 Å². The first-order valence-electron chi connectivity index (χ1n) is 9.37. The third kappa shape index (κ3) is 2.52. The van der Waals surface area contributed by atoms with Crippen molar-refractivity contribution in [3.05, 3.63) is 28.7 Å². The van der Waals surface area contributed by atoms with Crippen LogP contribution in [0.2, 0.25) is 0 Å². The standard InChI is InChI=1S/C21H28N4O2/c1-12-15(26)13(11-22)10-20(5)16-14(8-9-21(12,20)23-6)17(27-7)25-18(24-16)19(2,3)4/h10,12,23H,8-9H2,1-7H3/t12-,20-,21-/m1/s1. The van der Waals surface area contributed by atoms with Crippen molar-refractivity contribution in [2.75, 3.05) is 14.2 Å². The fourth-order valence-electron chi connectivity index (χ4n) is 4.78. The number of carbonyl (C=O) groups excluding carboxylic acids is 1. The van der Waals surface area contributed by atoms with E-state index in [-0.39, 0.29) is 22.7 Å². The van der Waals surface area contributed by atoms with Gasteiger partial charge < -0.3 is 10.1 Å². The van der Waals surface area contributed by atoms with Gasteiger partial charge in [-0.3, -0.25) is 4.79 Å². The maximum absolute atomic E-state index is 12.8. The molecule has 1 heterocycles. The fraction of sp³-hybridized carbons (Fsp3) is 0.619. The summed E-state index contributed by atoms with van der Waals surface area (Å²) in [4.78, 5) is 22.4. The molecule has 0 saturated heterocycles. The SMILES string of the molecule is CN[C@@]12CCc3c(OC)nc(C(C)(C)C)nc3[C@@]1(C)C=C(C#N)C(=O)[C@H]2C. The third-order valence-electron chi connectivity index (χ3n) is 6.42. The molecule has 1 aromatic rings. The van der Waals surface area contributed by atoms with E-state index in [1.807, 2.05) is 20.0 Å². The Kier molecular flexibility index (Phi) is 4.43. The summed E-state index contributed by atoms with van der Waals surface area (Å²) in [5.74, 6) is 0.846. The van der Waals surface area contributed by atoms with Crippen LogP contribution >= 0.6 is 0 Å². The number of hydrogen-bond donors (Lipinski definition) is 1. The van der Waals surface area contributed by atoms with Gasteiger partial charge in [-0.1, -0.05) is 27.7 Å². The van der Waals surface area contributed by atoms with Gasteiger partial charge in [0.1, 0.15) is 11.9 Å². The number of aromatic nitrogens is 2. The van der Waals surface area contributed by atoms with Crippen LogP contribution in [0.25, 0.3) is 0 Å². The molecule has 2 aliphatic carbocycles. The van der Waals surface area contributed by atoms with Gasteiger partial charge in [0.25, 0.3) is 0 Å². The van der Waals surface area contributed by atoms with E-state index in [0.717, 1.165) is 17.7 Å². The summed E-state index contributed by atoms with van der Waals surface area (Å²) < 4.78 is 5.62. The van der Waals surface area contributed by atoms with Crippen molar-refractivity contribution in [2.24, 2.45) is 5.92 Å². The van der Waals surface area contributed by atoms with Crippen LogP contribution in [0.15, 0.2) is 11.6 Å². The Balaban J connectivity index is 2.40. The summed E-state index contributed by atoms with van der Waals surface area (Å²) in [7, 11) is 3.52. The quantitative estimate of drug-likeness (QED) is 0.863. The Morgan fingerprint density at radius 2 is 2.04 bits per heavy atom. The van der Waals surface area contributed by atoms with Gasteiger partial charge in [-0.25, -0.2) is 4.98 Å². The summed E-state index contributed by atoms with van der Waals surface area (Å²) in [5.41, 5.74) is 0.645. The Morgan fingerprint density at radius 1 is 1.37 bits per heavy atom. The molecule has 0 fully saturated rings. The van der Waals surface area contributed by atoms with Crippen molar-refractivity contribution in [1.29, 1.82) is 5.26 Å². The van der Waals surface area contributed by atoms with E-state index in [2.05, 4.69) is 44.1 Å². The highest BCUT2D eigenvalue weighted by atomic mass is 16.5. The Hall–Kier alpha value is -2.26. The van der Waals surface area contributed by atoms with E-state index >= 15 is 0 Å². The normalized spacial score (nSPS) is 30.1. The number of fused-ring (bicyclic) bond motifs is 3. The van der Waals surface area contributed by atoms with Crippen LogP contribution in [-0.2, 0) is 22.0 Å². The van der Waals surface area contributed by atoms with Crippen molar-refractivity contribution in [2.45, 2.75) is 63.8 Å². The van der Waals surface area contributed by atoms with E-state index < -0.39 is 11.0 Å². The van der Waals surface area contributed by atoms with Crippen LogP contribution < -0.4 is 10.1 Å². The monoisotopic (exact) mass is 368 g/mol. The molecule has 6 nitrogen and oxygen atoms in total. The average Bonchev–Trinajstić information content (AvgIpc) is 2.63. The lowest BCUT2D eigenvalue weighted by Crippen LogP contribution is -2.67. The summed E-state index contributed by atoms with van der Waals surface area (Å²) in [5, 5.41) is 13.0. The van der Waals surface area contributed by atoms with E-state index in [9.17, 15) is 10.1 Å². The second kappa shape index (κ2) is 6.13. The van der Waals surface area contributed by atoms with Gasteiger partial charge in [0.15, 0.2) is 5.78 Å². The molecule has 3 rings (SSSR count). The fourth-order valence-corrected chi connectivity index (χ4v) is 4.78. The molecular formula is C21H28N4O2. The number of nitriles is 1. The first-order valence-corrected chi connectivity index (χ1v) is 9.37.